The number of halogens is 1. The minimum atomic E-state index is -0.488. The first-order valence-corrected chi connectivity index (χ1v) is 5.12. The molecule has 0 saturated heterocycles. The second kappa shape index (κ2) is 4.57. The number of nitrogens with one attached hydrogen (secondary N) is 1. The number of carbonyl (C=O) groups excluding carboxylic acids is 1. The van der Waals surface area contributed by atoms with Crippen LogP contribution in [0.2, 0.25) is 0 Å². The fourth-order valence-electron chi connectivity index (χ4n) is 1.01. The molecule has 14 heavy (non-hydrogen) atoms. The van der Waals surface area contributed by atoms with Gasteiger partial charge in [0.25, 0.3) is 0 Å². The average Bonchev–Trinajstić information content (AvgIpc) is 2.09. The third-order valence-corrected chi connectivity index (χ3v) is 2.35. The molecule has 0 radical (unpaired) electrons. The number of benzene rings is 1. The Kier molecular flexibility index (Phi) is 3.66. The summed E-state index contributed by atoms with van der Waals surface area (Å²) in [6.45, 7) is 3.59. The molecule has 1 aromatic rings. The second-order valence-electron chi connectivity index (χ2n) is 3.24. The number of hydrogen-bond donors (Lipinski definition) is 2. The van der Waals surface area contributed by atoms with Crippen molar-refractivity contribution < 1.29 is 4.79 Å². The molecule has 1 amide bonds. The van der Waals surface area contributed by atoms with Crippen LogP contribution in [0.25, 0.3) is 0 Å². The minimum absolute atomic E-state index is 0.171. The Bertz CT molecular complexity index is 350. The number of anilines is 1. The molecule has 3 N–H and O–H groups in total. The van der Waals surface area contributed by atoms with Crippen LogP contribution in [0.1, 0.15) is 12.5 Å². The van der Waals surface area contributed by atoms with Crippen LogP contribution in [-0.2, 0) is 4.79 Å². The number of carbonyl (C=O) groups is 1. The van der Waals surface area contributed by atoms with Gasteiger partial charge in [0.1, 0.15) is 0 Å². The van der Waals surface area contributed by atoms with E-state index in [4.69, 9.17) is 5.73 Å². The maximum absolute atomic E-state index is 11.3. The zero-order chi connectivity index (χ0) is 10.7. The molecule has 0 aliphatic rings. The van der Waals surface area contributed by atoms with Crippen molar-refractivity contribution in [2.75, 3.05) is 5.32 Å². The lowest BCUT2D eigenvalue weighted by atomic mass is 10.2. The summed E-state index contributed by atoms with van der Waals surface area (Å²) in [5.41, 5.74) is 7.25. The van der Waals surface area contributed by atoms with E-state index in [1.54, 1.807) is 6.92 Å². The molecule has 0 unspecified atom stereocenters. The van der Waals surface area contributed by atoms with Crippen LogP contribution >= 0.6 is 15.9 Å². The summed E-state index contributed by atoms with van der Waals surface area (Å²) in [5.74, 6) is -0.171. The summed E-state index contributed by atoms with van der Waals surface area (Å²) in [6, 6.07) is 5.18. The summed E-state index contributed by atoms with van der Waals surface area (Å²) in [6.07, 6.45) is 0. The van der Waals surface area contributed by atoms with Gasteiger partial charge in [0.2, 0.25) is 5.91 Å². The molecule has 0 fully saturated rings. The van der Waals surface area contributed by atoms with Crippen molar-refractivity contribution in [2.24, 2.45) is 5.73 Å². The molecular formula is C10H13BrN2O. The zero-order valence-electron chi connectivity index (χ0n) is 8.17. The van der Waals surface area contributed by atoms with Gasteiger partial charge in [-0.15, -0.1) is 0 Å². The molecule has 4 heteroatoms. The number of amides is 1. The maximum atomic E-state index is 11.3. The van der Waals surface area contributed by atoms with E-state index in [1.807, 2.05) is 25.1 Å². The highest BCUT2D eigenvalue weighted by molar-refractivity contribution is 9.10. The summed E-state index contributed by atoms with van der Waals surface area (Å²) >= 11 is 3.35. The summed E-state index contributed by atoms with van der Waals surface area (Å²) < 4.78 is 0.994. The van der Waals surface area contributed by atoms with Crippen LogP contribution in [-0.4, -0.2) is 11.9 Å². The third kappa shape index (κ3) is 2.82. The van der Waals surface area contributed by atoms with Crippen molar-refractivity contribution in [3.05, 3.63) is 28.2 Å². The predicted octanol–water partition coefficient (Wildman–Crippen LogP) is 2.04. The van der Waals surface area contributed by atoms with Crippen molar-refractivity contribution >= 4 is 27.5 Å². The summed E-state index contributed by atoms with van der Waals surface area (Å²) in [5, 5.41) is 2.75. The first kappa shape index (κ1) is 11.2. The largest absolute Gasteiger partial charge is 0.325 e. The molecule has 0 aliphatic heterocycles. The van der Waals surface area contributed by atoms with Gasteiger partial charge in [-0.3, -0.25) is 4.79 Å². The fraction of sp³-hybridized carbons (Fsp3) is 0.300. The number of rotatable bonds is 2. The van der Waals surface area contributed by atoms with Crippen LogP contribution in [0.15, 0.2) is 22.7 Å². The Balaban J connectivity index is 2.82. The van der Waals surface area contributed by atoms with Gasteiger partial charge >= 0.3 is 0 Å². The highest BCUT2D eigenvalue weighted by atomic mass is 79.9. The molecule has 3 nitrogen and oxygen atoms in total. The predicted molar refractivity (Wildman–Crippen MR) is 61.2 cm³/mol. The minimum Gasteiger partial charge on any atom is -0.325 e. The number of hydrogen-bond acceptors (Lipinski definition) is 2. The molecule has 1 rings (SSSR count). The van der Waals surface area contributed by atoms with Crippen LogP contribution in [0.4, 0.5) is 5.69 Å². The Morgan fingerprint density at radius 3 is 2.71 bits per heavy atom. The second-order valence-corrected chi connectivity index (χ2v) is 4.15. The van der Waals surface area contributed by atoms with Gasteiger partial charge in [0, 0.05) is 10.2 Å². The van der Waals surface area contributed by atoms with Crippen molar-refractivity contribution in [2.45, 2.75) is 19.9 Å². The van der Waals surface area contributed by atoms with E-state index in [-0.39, 0.29) is 5.91 Å². The number of nitrogens with two attached hydrogens (primary N) is 1. The molecule has 0 aliphatic carbocycles. The molecule has 0 saturated carbocycles. The molecule has 1 atom stereocenters. The van der Waals surface area contributed by atoms with Crippen LogP contribution in [0, 0.1) is 6.92 Å². The van der Waals surface area contributed by atoms with E-state index < -0.39 is 6.04 Å². The highest BCUT2D eigenvalue weighted by Crippen LogP contribution is 2.19. The third-order valence-electron chi connectivity index (χ3n) is 1.86. The zero-order valence-corrected chi connectivity index (χ0v) is 9.76. The SMILES string of the molecule is Cc1cc(Br)ccc1NC(=O)[C@@H](C)N. The van der Waals surface area contributed by atoms with E-state index in [1.165, 1.54) is 0 Å². The lowest BCUT2D eigenvalue weighted by Crippen LogP contribution is -2.32. The monoisotopic (exact) mass is 256 g/mol. The lowest BCUT2D eigenvalue weighted by molar-refractivity contribution is -0.117. The Morgan fingerprint density at radius 1 is 1.57 bits per heavy atom. The summed E-state index contributed by atoms with van der Waals surface area (Å²) in [4.78, 5) is 11.3. The van der Waals surface area contributed by atoms with Gasteiger partial charge in [-0.25, -0.2) is 0 Å². The molecule has 0 spiro atoms. The lowest BCUT2D eigenvalue weighted by Gasteiger charge is -2.10. The molecule has 0 bridgehead atoms. The van der Waals surface area contributed by atoms with Gasteiger partial charge in [-0.1, -0.05) is 15.9 Å². The molecule has 0 heterocycles. The Labute approximate surface area is 91.8 Å². The van der Waals surface area contributed by atoms with Gasteiger partial charge in [0.15, 0.2) is 0 Å². The van der Waals surface area contributed by atoms with E-state index in [9.17, 15) is 4.79 Å². The van der Waals surface area contributed by atoms with Gasteiger partial charge in [0.05, 0.1) is 6.04 Å². The van der Waals surface area contributed by atoms with Crippen LogP contribution in [0.3, 0.4) is 0 Å². The first-order valence-electron chi connectivity index (χ1n) is 4.33. The van der Waals surface area contributed by atoms with Crippen LogP contribution in [0.5, 0.6) is 0 Å². The average molecular weight is 257 g/mol. The quantitative estimate of drug-likeness (QED) is 0.851. The topological polar surface area (TPSA) is 55.1 Å². The summed E-state index contributed by atoms with van der Waals surface area (Å²) in [7, 11) is 0. The van der Waals surface area contributed by atoms with Crippen molar-refractivity contribution in [3.8, 4) is 0 Å². The first-order chi connectivity index (χ1) is 6.50. The smallest absolute Gasteiger partial charge is 0.241 e. The Morgan fingerprint density at radius 2 is 2.21 bits per heavy atom. The number of aryl methyl sites for hydroxylation is 1. The van der Waals surface area contributed by atoms with Crippen molar-refractivity contribution in [1.29, 1.82) is 0 Å². The van der Waals surface area contributed by atoms with Crippen molar-refractivity contribution in [1.82, 2.24) is 0 Å². The molecule has 0 aromatic heterocycles. The van der Waals surface area contributed by atoms with Crippen LogP contribution < -0.4 is 11.1 Å². The standard InChI is InChI=1S/C10H13BrN2O/c1-6-5-8(11)3-4-9(6)13-10(14)7(2)12/h3-5,7H,12H2,1-2H3,(H,13,14)/t7-/m1/s1. The molecule has 76 valence electrons. The van der Waals surface area contributed by atoms with E-state index in [0.29, 0.717) is 0 Å². The molecular weight excluding hydrogens is 244 g/mol. The van der Waals surface area contributed by atoms with E-state index >= 15 is 0 Å². The van der Waals surface area contributed by atoms with E-state index in [2.05, 4.69) is 21.2 Å². The van der Waals surface area contributed by atoms with Gasteiger partial charge < -0.3 is 11.1 Å². The highest BCUT2D eigenvalue weighted by Gasteiger charge is 2.08. The normalized spacial score (nSPS) is 12.3. The molecule has 1 aromatic carbocycles. The van der Waals surface area contributed by atoms with E-state index in [0.717, 1.165) is 15.7 Å². The maximum Gasteiger partial charge on any atom is 0.241 e. The van der Waals surface area contributed by atoms with Crippen molar-refractivity contribution in [3.63, 3.8) is 0 Å². The fourth-order valence-corrected chi connectivity index (χ4v) is 1.49. The van der Waals surface area contributed by atoms with Gasteiger partial charge in [-0.05, 0) is 37.6 Å². The Hall–Kier alpha value is -0.870. The van der Waals surface area contributed by atoms with Gasteiger partial charge in [-0.2, -0.15) is 0 Å².